The topological polar surface area (TPSA) is 35.2 Å². The maximum absolute atomic E-state index is 14.0. The van der Waals surface area contributed by atoms with Gasteiger partial charge in [-0.3, -0.25) is 0 Å². The minimum atomic E-state index is -0.319. The summed E-state index contributed by atoms with van der Waals surface area (Å²) in [5, 5.41) is 0. The van der Waals surface area contributed by atoms with Gasteiger partial charge in [-0.05, 0) is 25.0 Å². The molecule has 0 amide bonds. The molecule has 1 fully saturated rings. The molecule has 1 saturated carbocycles. The first kappa shape index (κ1) is 13.8. The van der Waals surface area contributed by atoms with Gasteiger partial charge in [-0.2, -0.15) is 0 Å². The van der Waals surface area contributed by atoms with Crippen LogP contribution in [0.5, 0.6) is 5.75 Å². The van der Waals surface area contributed by atoms with Gasteiger partial charge in [-0.25, -0.2) is 4.39 Å². The van der Waals surface area contributed by atoms with Gasteiger partial charge < -0.3 is 10.5 Å². The fourth-order valence-electron chi connectivity index (χ4n) is 2.97. The second-order valence-corrected chi connectivity index (χ2v) is 5.93. The van der Waals surface area contributed by atoms with Crippen LogP contribution in [0, 0.1) is 5.82 Å². The van der Waals surface area contributed by atoms with Crippen LogP contribution in [0.1, 0.15) is 37.7 Å². The maximum Gasteiger partial charge on any atom is 0.166 e. The average molecular weight is 316 g/mol. The van der Waals surface area contributed by atoms with Crippen molar-refractivity contribution >= 4 is 15.9 Å². The van der Waals surface area contributed by atoms with E-state index in [4.69, 9.17) is 10.5 Å². The van der Waals surface area contributed by atoms with Crippen molar-refractivity contribution in [3.05, 3.63) is 28.0 Å². The smallest absolute Gasteiger partial charge is 0.166 e. The molecule has 0 heterocycles. The summed E-state index contributed by atoms with van der Waals surface area (Å²) in [4.78, 5) is 0. The number of methoxy groups -OCH3 is 1. The highest BCUT2D eigenvalue weighted by molar-refractivity contribution is 9.10. The van der Waals surface area contributed by atoms with Gasteiger partial charge in [-0.15, -0.1) is 0 Å². The van der Waals surface area contributed by atoms with Crippen LogP contribution in [0.25, 0.3) is 0 Å². The summed E-state index contributed by atoms with van der Waals surface area (Å²) in [5.74, 6) is 0.0332. The molecule has 2 N–H and O–H groups in total. The second-order valence-electron chi connectivity index (χ2n) is 5.01. The normalized spacial score (nSPS) is 18.7. The molecule has 0 aliphatic heterocycles. The molecule has 4 heteroatoms. The zero-order valence-corrected chi connectivity index (χ0v) is 12.2. The van der Waals surface area contributed by atoms with E-state index in [1.807, 2.05) is 6.07 Å². The van der Waals surface area contributed by atoms with Gasteiger partial charge in [0.15, 0.2) is 11.6 Å². The third-order valence-corrected chi connectivity index (χ3v) is 4.44. The van der Waals surface area contributed by atoms with Crippen molar-refractivity contribution in [2.45, 2.75) is 37.5 Å². The van der Waals surface area contributed by atoms with E-state index in [-0.39, 0.29) is 11.2 Å². The molecule has 1 aromatic carbocycles. The molecule has 0 aromatic heterocycles. The lowest BCUT2D eigenvalue weighted by molar-refractivity contribution is 0.283. The van der Waals surface area contributed by atoms with E-state index < -0.39 is 0 Å². The third-order valence-electron chi connectivity index (χ3n) is 3.99. The molecule has 1 aliphatic rings. The lowest BCUT2D eigenvalue weighted by Gasteiger charge is -2.37. The summed E-state index contributed by atoms with van der Waals surface area (Å²) in [6.45, 7) is 0.541. The number of halogens is 2. The van der Waals surface area contributed by atoms with E-state index in [0.29, 0.717) is 12.3 Å². The molecule has 0 saturated heterocycles. The Morgan fingerprint density at radius 1 is 1.33 bits per heavy atom. The van der Waals surface area contributed by atoms with Crippen LogP contribution in [-0.2, 0) is 5.41 Å². The number of hydrogen-bond acceptors (Lipinski definition) is 2. The Morgan fingerprint density at radius 2 is 2.00 bits per heavy atom. The molecule has 18 heavy (non-hydrogen) atoms. The van der Waals surface area contributed by atoms with Gasteiger partial charge >= 0.3 is 0 Å². The quantitative estimate of drug-likeness (QED) is 0.921. The van der Waals surface area contributed by atoms with Gasteiger partial charge in [0.2, 0.25) is 0 Å². The van der Waals surface area contributed by atoms with Crippen molar-refractivity contribution in [1.82, 2.24) is 0 Å². The molecular formula is C14H19BrFNO. The van der Waals surface area contributed by atoms with E-state index in [9.17, 15) is 4.39 Å². The molecule has 0 bridgehead atoms. The number of ether oxygens (including phenoxy) is 1. The van der Waals surface area contributed by atoms with Crippen LogP contribution in [0.4, 0.5) is 4.39 Å². The van der Waals surface area contributed by atoms with E-state index in [0.717, 1.165) is 35.7 Å². The second kappa shape index (κ2) is 5.57. The minimum Gasteiger partial charge on any atom is -0.493 e. The minimum absolute atomic E-state index is 0.131. The molecule has 2 rings (SSSR count). The molecule has 1 aromatic rings. The first-order chi connectivity index (χ1) is 8.63. The predicted molar refractivity (Wildman–Crippen MR) is 74.5 cm³/mol. The first-order valence-corrected chi connectivity index (χ1v) is 7.16. The molecule has 0 spiro atoms. The molecular weight excluding hydrogens is 297 g/mol. The SMILES string of the molecule is COc1c(F)cc(Br)cc1C1(CN)CCCCC1. The number of benzene rings is 1. The Labute approximate surface area is 116 Å². The van der Waals surface area contributed by atoms with Gasteiger partial charge in [0.25, 0.3) is 0 Å². The first-order valence-electron chi connectivity index (χ1n) is 6.36. The Balaban J connectivity index is 2.53. The Bertz CT molecular complexity index is 430. The van der Waals surface area contributed by atoms with E-state index in [1.165, 1.54) is 19.6 Å². The summed E-state index contributed by atoms with van der Waals surface area (Å²) in [6.07, 6.45) is 5.55. The fraction of sp³-hybridized carbons (Fsp3) is 0.571. The van der Waals surface area contributed by atoms with Crippen molar-refractivity contribution in [3.63, 3.8) is 0 Å². The standard InChI is InChI=1S/C14H19BrFNO/c1-18-13-11(7-10(15)8-12(13)16)14(9-17)5-3-2-4-6-14/h7-8H,2-6,9,17H2,1H3. The molecule has 0 radical (unpaired) electrons. The zero-order chi connectivity index (χ0) is 13.2. The van der Waals surface area contributed by atoms with Gasteiger partial charge in [0.1, 0.15) is 0 Å². The summed E-state index contributed by atoms with van der Waals surface area (Å²) < 4.78 is 20.0. The summed E-state index contributed by atoms with van der Waals surface area (Å²) in [5.41, 5.74) is 6.79. The van der Waals surface area contributed by atoms with Crippen LogP contribution in [0.15, 0.2) is 16.6 Å². The third kappa shape index (κ3) is 2.41. The van der Waals surface area contributed by atoms with Crippen molar-refractivity contribution in [2.24, 2.45) is 5.73 Å². The zero-order valence-electron chi connectivity index (χ0n) is 10.6. The van der Waals surface area contributed by atoms with E-state index >= 15 is 0 Å². The molecule has 1 aliphatic carbocycles. The Kier molecular flexibility index (Phi) is 4.28. The van der Waals surface area contributed by atoms with Crippen LogP contribution in [0.2, 0.25) is 0 Å². The van der Waals surface area contributed by atoms with Crippen LogP contribution < -0.4 is 10.5 Å². The number of rotatable bonds is 3. The van der Waals surface area contributed by atoms with Gasteiger partial charge in [0.05, 0.1) is 7.11 Å². The highest BCUT2D eigenvalue weighted by atomic mass is 79.9. The largest absolute Gasteiger partial charge is 0.493 e. The molecule has 100 valence electrons. The number of hydrogen-bond donors (Lipinski definition) is 1. The van der Waals surface area contributed by atoms with Crippen molar-refractivity contribution in [2.75, 3.05) is 13.7 Å². The highest BCUT2D eigenvalue weighted by Gasteiger charge is 2.36. The number of nitrogens with two attached hydrogens (primary N) is 1. The van der Waals surface area contributed by atoms with Crippen molar-refractivity contribution < 1.29 is 9.13 Å². The molecule has 0 unspecified atom stereocenters. The average Bonchev–Trinajstić information content (AvgIpc) is 2.38. The predicted octanol–water partition coefficient (Wildman–Crippen LogP) is 3.76. The monoisotopic (exact) mass is 315 g/mol. The molecule has 2 nitrogen and oxygen atoms in total. The van der Waals surface area contributed by atoms with Gasteiger partial charge in [-0.1, -0.05) is 35.2 Å². The van der Waals surface area contributed by atoms with Crippen molar-refractivity contribution in [1.29, 1.82) is 0 Å². The van der Waals surface area contributed by atoms with Crippen LogP contribution in [-0.4, -0.2) is 13.7 Å². The van der Waals surface area contributed by atoms with Crippen LogP contribution in [0.3, 0.4) is 0 Å². The summed E-state index contributed by atoms with van der Waals surface area (Å²) in [7, 11) is 1.52. The fourth-order valence-corrected chi connectivity index (χ4v) is 3.40. The maximum atomic E-state index is 14.0. The van der Waals surface area contributed by atoms with Gasteiger partial charge in [0, 0.05) is 22.0 Å². The van der Waals surface area contributed by atoms with Crippen molar-refractivity contribution in [3.8, 4) is 5.75 Å². The summed E-state index contributed by atoms with van der Waals surface area (Å²) >= 11 is 3.36. The van der Waals surface area contributed by atoms with Crippen LogP contribution >= 0.6 is 15.9 Å². The van der Waals surface area contributed by atoms with E-state index in [1.54, 1.807) is 0 Å². The molecule has 0 atom stereocenters. The Hall–Kier alpha value is -0.610. The highest BCUT2D eigenvalue weighted by Crippen LogP contribution is 2.44. The summed E-state index contributed by atoms with van der Waals surface area (Å²) in [6, 6.07) is 3.40. The van der Waals surface area contributed by atoms with E-state index in [2.05, 4.69) is 15.9 Å². The Morgan fingerprint density at radius 3 is 2.56 bits per heavy atom. The lowest BCUT2D eigenvalue weighted by Crippen LogP contribution is -2.37. The lowest BCUT2D eigenvalue weighted by atomic mass is 9.69.